The maximum atomic E-state index is 11.1. The van der Waals surface area contributed by atoms with Gasteiger partial charge >= 0.3 is 0 Å². The van der Waals surface area contributed by atoms with Gasteiger partial charge in [0.05, 0.1) is 19.9 Å². The van der Waals surface area contributed by atoms with Crippen LogP contribution in [0.4, 0.5) is 0 Å². The monoisotopic (exact) mass is 309 g/mol. The predicted octanol–water partition coefficient (Wildman–Crippen LogP) is 2.08. The predicted molar refractivity (Wildman–Crippen MR) is 85.1 cm³/mol. The fourth-order valence-corrected chi connectivity index (χ4v) is 3.44. The molecule has 0 spiro atoms. The minimum Gasteiger partial charge on any atom is -0.493 e. The molecule has 2 heterocycles. The number of aromatic nitrogens is 2. The number of hydrogen-bond donors (Lipinski definition) is 1. The number of aryl methyl sites for hydroxylation is 1. The molecule has 5 nitrogen and oxygen atoms in total. The number of aliphatic hydroxyl groups is 1. The van der Waals surface area contributed by atoms with Crippen molar-refractivity contribution < 1.29 is 9.84 Å². The van der Waals surface area contributed by atoms with Gasteiger partial charge in [-0.2, -0.15) is 5.10 Å². The largest absolute Gasteiger partial charge is 0.493 e. The number of nitrogens with zero attached hydrogens (tertiary/aromatic N) is 3. The van der Waals surface area contributed by atoms with Crippen LogP contribution in [-0.4, -0.2) is 47.5 Å². The van der Waals surface area contributed by atoms with Gasteiger partial charge in [-0.25, -0.2) is 0 Å². The van der Waals surface area contributed by atoms with Crippen LogP contribution in [0.1, 0.15) is 23.1 Å². The molecule has 0 aliphatic carbocycles. The molecule has 1 unspecified atom stereocenters. The molecule has 0 amide bonds. The molecule has 0 aromatic carbocycles. The summed E-state index contributed by atoms with van der Waals surface area (Å²) in [6.07, 6.45) is 1.67. The number of likely N-dealkylation sites (N-methyl/N-ethyl adjacent to an activating group) is 1. The van der Waals surface area contributed by atoms with Gasteiger partial charge in [0.1, 0.15) is 11.3 Å². The molecule has 6 heteroatoms. The first-order valence-electron chi connectivity index (χ1n) is 6.90. The average molecular weight is 309 g/mol. The summed E-state index contributed by atoms with van der Waals surface area (Å²) in [5, 5.41) is 17.5. The molecular weight excluding hydrogens is 286 g/mol. The van der Waals surface area contributed by atoms with Gasteiger partial charge in [-0.3, -0.25) is 4.68 Å². The van der Waals surface area contributed by atoms with Gasteiger partial charge in [-0.05, 0) is 45.0 Å². The van der Waals surface area contributed by atoms with E-state index in [9.17, 15) is 5.11 Å². The maximum absolute atomic E-state index is 11.1. The van der Waals surface area contributed by atoms with Crippen molar-refractivity contribution in [3.63, 3.8) is 0 Å². The molecule has 0 radical (unpaired) electrons. The topological polar surface area (TPSA) is 50.5 Å². The Morgan fingerprint density at radius 1 is 1.48 bits per heavy atom. The minimum atomic E-state index is -1.12. The van der Waals surface area contributed by atoms with Gasteiger partial charge in [0.2, 0.25) is 0 Å². The first-order valence-corrected chi connectivity index (χ1v) is 7.77. The third-order valence-corrected chi connectivity index (χ3v) is 4.78. The molecule has 0 saturated carbocycles. The highest BCUT2D eigenvalue weighted by Crippen LogP contribution is 2.39. The first-order chi connectivity index (χ1) is 9.87. The Bertz CT molecular complexity index is 602. The highest BCUT2D eigenvalue weighted by molar-refractivity contribution is 7.10. The van der Waals surface area contributed by atoms with Crippen LogP contribution in [0, 0.1) is 6.92 Å². The van der Waals surface area contributed by atoms with E-state index in [1.165, 1.54) is 0 Å². The molecule has 2 aromatic rings. The van der Waals surface area contributed by atoms with Crippen molar-refractivity contribution in [3.05, 3.63) is 33.8 Å². The van der Waals surface area contributed by atoms with Gasteiger partial charge in [-0.1, -0.05) is 0 Å². The molecule has 0 aliphatic rings. The summed E-state index contributed by atoms with van der Waals surface area (Å²) >= 11 is 1.55. The van der Waals surface area contributed by atoms with Gasteiger partial charge in [0.15, 0.2) is 5.75 Å². The van der Waals surface area contributed by atoms with Crippen molar-refractivity contribution in [2.45, 2.75) is 26.0 Å². The van der Waals surface area contributed by atoms with Crippen LogP contribution in [0.15, 0.2) is 17.6 Å². The lowest BCUT2D eigenvalue weighted by Gasteiger charge is -2.26. The number of ether oxygens (including phenoxy) is 1. The van der Waals surface area contributed by atoms with Gasteiger partial charge in [0.25, 0.3) is 0 Å². The molecule has 116 valence electrons. The van der Waals surface area contributed by atoms with Gasteiger partial charge in [0, 0.05) is 11.4 Å². The average Bonchev–Trinajstić information content (AvgIpc) is 3.02. The Balaban J connectivity index is 2.45. The van der Waals surface area contributed by atoms with Crippen LogP contribution in [0.2, 0.25) is 0 Å². The fourth-order valence-electron chi connectivity index (χ4n) is 2.45. The van der Waals surface area contributed by atoms with E-state index >= 15 is 0 Å². The van der Waals surface area contributed by atoms with E-state index in [1.807, 2.05) is 37.1 Å². The Morgan fingerprint density at radius 2 is 2.19 bits per heavy atom. The SMILES string of the molecule is COc1cnn(CCN(C)C)c1C(C)(O)c1sccc1C. The van der Waals surface area contributed by atoms with Crippen molar-refractivity contribution >= 4 is 11.3 Å². The van der Waals surface area contributed by atoms with Crippen LogP contribution >= 0.6 is 11.3 Å². The summed E-state index contributed by atoms with van der Waals surface area (Å²) in [5.74, 6) is 0.617. The van der Waals surface area contributed by atoms with Crippen molar-refractivity contribution in [1.29, 1.82) is 0 Å². The zero-order chi connectivity index (χ0) is 15.6. The summed E-state index contributed by atoms with van der Waals surface area (Å²) in [6.45, 7) is 5.36. The first kappa shape index (κ1) is 16.0. The minimum absolute atomic E-state index is 0.617. The van der Waals surface area contributed by atoms with E-state index in [4.69, 9.17) is 4.74 Å². The summed E-state index contributed by atoms with van der Waals surface area (Å²) < 4.78 is 7.24. The lowest BCUT2D eigenvalue weighted by atomic mass is 9.97. The highest BCUT2D eigenvalue weighted by atomic mass is 32.1. The Hall–Kier alpha value is -1.37. The third-order valence-electron chi connectivity index (χ3n) is 3.55. The zero-order valence-corrected chi connectivity index (χ0v) is 14.1. The lowest BCUT2D eigenvalue weighted by molar-refractivity contribution is 0.0908. The molecule has 2 aromatic heterocycles. The number of hydrogen-bond acceptors (Lipinski definition) is 5. The maximum Gasteiger partial charge on any atom is 0.163 e. The van der Waals surface area contributed by atoms with E-state index in [1.54, 1.807) is 31.6 Å². The number of methoxy groups -OCH3 is 1. The summed E-state index contributed by atoms with van der Waals surface area (Å²) in [6, 6.07) is 2.02. The van der Waals surface area contributed by atoms with Crippen LogP contribution in [0.25, 0.3) is 0 Å². The van der Waals surface area contributed by atoms with E-state index in [2.05, 4.69) is 10.00 Å². The second kappa shape index (κ2) is 6.17. The Morgan fingerprint density at radius 3 is 2.71 bits per heavy atom. The molecule has 1 N–H and O–H groups in total. The van der Waals surface area contributed by atoms with Gasteiger partial charge in [-0.15, -0.1) is 11.3 Å². The number of rotatable bonds is 6. The Kier molecular flexibility index (Phi) is 4.70. The van der Waals surface area contributed by atoms with Crippen molar-refractivity contribution in [1.82, 2.24) is 14.7 Å². The van der Waals surface area contributed by atoms with Crippen molar-refractivity contribution in [2.75, 3.05) is 27.7 Å². The Labute approximate surface area is 129 Å². The second-order valence-corrected chi connectivity index (χ2v) is 6.51. The molecule has 21 heavy (non-hydrogen) atoms. The second-order valence-electron chi connectivity index (χ2n) is 5.59. The standard InChI is InChI=1S/C15H23N3O2S/c1-11-6-9-21-14(11)15(2,19)13-12(20-5)10-16-18(13)8-7-17(3)4/h6,9-10,19H,7-8H2,1-5H3. The van der Waals surface area contributed by atoms with Crippen LogP contribution in [0.3, 0.4) is 0 Å². The summed E-state index contributed by atoms with van der Waals surface area (Å²) in [4.78, 5) is 3.01. The molecule has 0 aliphatic heterocycles. The number of thiophene rings is 1. The molecule has 1 atom stereocenters. The van der Waals surface area contributed by atoms with E-state index < -0.39 is 5.60 Å². The summed E-state index contributed by atoms with van der Waals surface area (Å²) in [7, 11) is 5.64. The zero-order valence-electron chi connectivity index (χ0n) is 13.3. The quantitative estimate of drug-likeness (QED) is 0.887. The smallest absolute Gasteiger partial charge is 0.163 e. The van der Waals surface area contributed by atoms with Crippen LogP contribution < -0.4 is 4.74 Å². The van der Waals surface area contributed by atoms with E-state index in [0.29, 0.717) is 18.0 Å². The molecule has 2 rings (SSSR count). The van der Waals surface area contributed by atoms with Gasteiger partial charge < -0.3 is 14.7 Å². The fraction of sp³-hybridized carbons (Fsp3) is 0.533. The van der Waals surface area contributed by atoms with Crippen LogP contribution in [-0.2, 0) is 12.1 Å². The molecule has 0 fully saturated rings. The molecule has 0 saturated heterocycles. The van der Waals surface area contributed by atoms with Crippen molar-refractivity contribution in [3.8, 4) is 5.75 Å². The normalized spacial score (nSPS) is 14.4. The van der Waals surface area contributed by atoms with Crippen molar-refractivity contribution in [2.24, 2.45) is 0 Å². The highest BCUT2D eigenvalue weighted by Gasteiger charge is 2.35. The summed E-state index contributed by atoms with van der Waals surface area (Å²) in [5.41, 5.74) is 0.664. The van der Waals surface area contributed by atoms with E-state index in [0.717, 1.165) is 17.0 Å². The van der Waals surface area contributed by atoms with E-state index in [-0.39, 0.29) is 0 Å². The van der Waals surface area contributed by atoms with Crippen LogP contribution in [0.5, 0.6) is 5.75 Å². The molecular formula is C15H23N3O2S. The third kappa shape index (κ3) is 3.12. The molecule has 0 bridgehead atoms. The lowest BCUT2D eigenvalue weighted by Crippen LogP contribution is -2.29.